The predicted octanol–water partition coefficient (Wildman–Crippen LogP) is 6.56. The fraction of sp³-hybridized carbons (Fsp3) is 0.345. The Kier molecular flexibility index (Phi) is 7.13. The number of rotatable bonds is 8. The van der Waals surface area contributed by atoms with Gasteiger partial charge in [-0.25, -0.2) is 13.6 Å². The molecule has 1 atom stereocenters. The van der Waals surface area contributed by atoms with Crippen LogP contribution >= 0.6 is 0 Å². The molecule has 0 saturated carbocycles. The molecule has 0 radical (unpaired) electrons. The highest BCUT2D eigenvalue weighted by Crippen LogP contribution is 2.45. The van der Waals surface area contributed by atoms with E-state index in [0.717, 1.165) is 6.07 Å². The molecule has 0 aromatic heterocycles. The summed E-state index contributed by atoms with van der Waals surface area (Å²) in [6, 6.07) is 24.7. The van der Waals surface area contributed by atoms with Crippen LogP contribution in [0.1, 0.15) is 59.8 Å². The van der Waals surface area contributed by atoms with Crippen LogP contribution in [-0.4, -0.2) is 36.2 Å². The van der Waals surface area contributed by atoms with Crippen molar-refractivity contribution in [2.24, 2.45) is 5.92 Å². The number of hydrogen-bond acceptors (Lipinski definition) is 3. The second kappa shape index (κ2) is 10.1. The van der Waals surface area contributed by atoms with E-state index in [1.54, 1.807) is 13.0 Å². The van der Waals surface area contributed by atoms with E-state index < -0.39 is 23.4 Å². The molecular weight excluding hydrogens is 432 g/mol. The molecule has 0 spiro atoms. The number of halogens is 2. The van der Waals surface area contributed by atoms with Gasteiger partial charge in [0.1, 0.15) is 11.5 Å². The third-order valence-electron chi connectivity index (χ3n) is 6.54. The maximum Gasteiger partial charge on any atom is 0.338 e. The van der Waals surface area contributed by atoms with Crippen LogP contribution in [0, 0.1) is 11.7 Å². The summed E-state index contributed by atoms with van der Waals surface area (Å²) in [5.74, 6) is -1.73. The number of nitrogens with zero attached hydrogens (tertiary/aromatic N) is 1. The molecule has 1 saturated heterocycles. The van der Waals surface area contributed by atoms with Crippen LogP contribution < -0.4 is 0 Å². The van der Waals surface area contributed by atoms with Crippen LogP contribution in [0.15, 0.2) is 78.9 Å². The lowest BCUT2D eigenvalue weighted by atomic mass is 9.72. The Hall–Kier alpha value is -3.05. The van der Waals surface area contributed by atoms with Gasteiger partial charge in [-0.1, -0.05) is 60.7 Å². The van der Waals surface area contributed by atoms with Crippen molar-refractivity contribution in [3.8, 4) is 0 Å². The highest BCUT2D eigenvalue weighted by Gasteiger charge is 2.45. The van der Waals surface area contributed by atoms with Gasteiger partial charge < -0.3 is 4.74 Å². The summed E-state index contributed by atoms with van der Waals surface area (Å²) in [4.78, 5) is 14.6. The molecule has 1 aliphatic heterocycles. The molecule has 0 N–H and O–H groups in total. The predicted molar refractivity (Wildman–Crippen MR) is 130 cm³/mol. The first kappa shape index (κ1) is 24.1. The van der Waals surface area contributed by atoms with Gasteiger partial charge in [-0.15, -0.1) is 0 Å². The van der Waals surface area contributed by atoms with Crippen LogP contribution in [0.25, 0.3) is 0 Å². The lowest BCUT2D eigenvalue weighted by Crippen LogP contribution is -2.53. The van der Waals surface area contributed by atoms with Gasteiger partial charge in [-0.05, 0) is 61.6 Å². The molecule has 1 fully saturated rings. The van der Waals surface area contributed by atoms with Crippen molar-refractivity contribution in [2.45, 2.75) is 38.4 Å². The minimum atomic E-state index is -1.59. The molecule has 0 amide bonds. The van der Waals surface area contributed by atoms with Gasteiger partial charge in [0.25, 0.3) is 0 Å². The Morgan fingerprint density at radius 3 is 2.03 bits per heavy atom. The van der Waals surface area contributed by atoms with E-state index in [0.29, 0.717) is 18.7 Å². The van der Waals surface area contributed by atoms with Crippen LogP contribution in [-0.2, 0) is 4.74 Å². The van der Waals surface area contributed by atoms with Gasteiger partial charge in [0.2, 0.25) is 0 Å². The molecule has 4 rings (SSSR count). The van der Waals surface area contributed by atoms with E-state index in [9.17, 15) is 9.18 Å². The zero-order valence-corrected chi connectivity index (χ0v) is 19.9. The van der Waals surface area contributed by atoms with E-state index >= 15 is 4.39 Å². The fourth-order valence-electron chi connectivity index (χ4n) is 5.21. The van der Waals surface area contributed by atoms with E-state index in [1.165, 1.54) is 31.0 Å². The summed E-state index contributed by atoms with van der Waals surface area (Å²) in [7, 11) is 0. The number of likely N-dealkylation sites (tertiary alicyclic amines) is 1. The molecule has 0 bridgehead atoms. The number of hydrogen-bond donors (Lipinski definition) is 0. The fourth-order valence-corrected chi connectivity index (χ4v) is 5.21. The van der Waals surface area contributed by atoms with E-state index in [-0.39, 0.29) is 24.1 Å². The van der Waals surface area contributed by atoms with Crippen LogP contribution in [0.4, 0.5) is 8.78 Å². The standard InChI is InChI=1S/C29H31F2NO2/c1-4-34-28(33)23-15-22(16-25(30)17-23)26(29(2,3)31)24-18-32(19-24)27(20-11-7-5-8-12-20)21-13-9-6-10-14-21/h5-17,24,26-27H,4,18-19H2,1-3H3. The zero-order chi connectivity index (χ0) is 24.3. The monoisotopic (exact) mass is 463 g/mol. The van der Waals surface area contributed by atoms with E-state index in [4.69, 9.17) is 4.74 Å². The molecule has 178 valence electrons. The van der Waals surface area contributed by atoms with Crippen molar-refractivity contribution in [1.82, 2.24) is 4.90 Å². The van der Waals surface area contributed by atoms with E-state index in [1.807, 2.05) is 36.4 Å². The normalized spacial score (nSPS) is 15.7. The SMILES string of the molecule is CCOC(=O)c1cc(F)cc(C(C2CN(C(c3ccccc3)c3ccccc3)C2)C(C)(C)F)c1. The third kappa shape index (κ3) is 5.20. The lowest BCUT2D eigenvalue weighted by Gasteiger charge is -2.50. The molecule has 34 heavy (non-hydrogen) atoms. The number of alkyl halides is 1. The maximum atomic E-state index is 15.5. The largest absolute Gasteiger partial charge is 0.462 e. The zero-order valence-electron chi connectivity index (χ0n) is 19.9. The summed E-state index contributed by atoms with van der Waals surface area (Å²) in [6.45, 7) is 6.28. The topological polar surface area (TPSA) is 29.5 Å². The number of benzene rings is 3. The molecular formula is C29H31F2NO2. The number of carbonyl (C=O) groups excluding carboxylic acids is 1. The molecule has 1 heterocycles. The smallest absolute Gasteiger partial charge is 0.338 e. The van der Waals surface area contributed by atoms with Gasteiger partial charge in [-0.3, -0.25) is 4.90 Å². The summed E-state index contributed by atoms with van der Waals surface area (Å²) in [6.07, 6.45) is 0. The Morgan fingerprint density at radius 1 is 0.971 bits per heavy atom. The van der Waals surface area contributed by atoms with Crippen molar-refractivity contribution in [3.05, 3.63) is 107 Å². The summed E-state index contributed by atoms with van der Waals surface area (Å²) >= 11 is 0. The van der Waals surface area contributed by atoms with Crippen molar-refractivity contribution >= 4 is 5.97 Å². The number of esters is 1. The van der Waals surface area contributed by atoms with E-state index in [2.05, 4.69) is 29.2 Å². The molecule has 0 aliphatic carbocycles. The Labute approximate surface area is 200 Å². The first-order valence-corrected chi connectivity index (χ1v) is 11.8. The Bertz CT molecular complexity index is 1070. The molecule has 3 aromatic rings. The van der Waals surface area contributed by atoms with Crippen molar-refractivity contribution in [3.63, 3.8) is 0 Å². The average Bonchev–Trinajstić information content (AvgIpc) is 2.78. The number of ether oxygens (including phenoxy) is 1. The summed E-state index contributed by atoms with van der Waals surface area (Å²) < 4.78 is 35.1. The number of carbonyl (C=O) groups is 1. The molecule has 5 heteroatoms. The Morgan fingerprint density at radius 2 is 1.53 bits per heavy atom. The molecule has 3 aromatic carbocycles. The third-order valence-corrected chi connectivity index (χ3v) is 6.54. The van der Waals surface area contributed by atoms with Crippen LogP contribution in [0.5, 0.6) is 0 Å². The average molecular weight is 464 g/mol. The summed E-state index contributed by atoms with van der Waals surface area (Å²) in [5.41, 5.74) is 1.38. The van der Waals surface area contributed by atoms with Gasteiger partial charge in [0.15, 0.2) is 0 Å². The highest BCUT2D eigenvalue weighted by molar-refractivity contribution is 5.89. The van der Waals surface area contributed by atoms with Crippen molar-refractivity contribution < 1.29 is 18.3 Å². The minimum absolute atomic E-state index is 0.0215. The maximum absolute atomic E-state index is 15.5. The van der Waals surface area contributed by atoms with Gasteiger partial charge in [0, 0.05) is 19.0 Å². The van der Waals surface area contributed by atoms with Crippen molar-refractivity contribution in [1.29, 1.82) is 0 Å². The first-order valence-electron chi connectivity index (χ1n) is 11.8. The van der Waals surface area contributed by atoms with Gasteiger partial charge >= 0.3 is 5.97 Å². The van der Waals surface area contributed by atoms with Crippen LogP contribution in [0.3, 0.4) is 0 Å². The lowest BCUT2D eigenvalue weighted by molar-refractivity contribution is 0.00804. The van der Waals surface area contributed by atoms with Gasteiger partial charge in [-0.2, -0.15) is 0 Å². The Balaban J connectivity index is 1.62. The molecule has 1 unspecified atom stereocenters. The quantitative estimate of drug-likeness (QED) is 0.355. The van der Waals surface area contributed by atoms with Crippen molar-refractivity contribution in [2.75, 3.05) is 19.7 Å². The van der Waals surface area contributed by atoms with Crippen LogP contribution in [0.2, 0.25) is 0 Å². The molecule has 1 aliphatic rings. The second-order valence-corrected chi connectivity index (χ2v) is 9.47. The molecule has 3 nitrogen and oxygen atoms in total. The first-order chi connectivity index (χ1) is 16.3. The summed E-state index contributed by atoms with van der Waals surface area (Å²) in [5, 5.41) is 0. The minimum Gasteiger partial charge on any atom is -0.462 e. The van der Waals surface area contributed by atoms with Gasteiger partial charge in [0.05, 0.1) is 18.2 Å². The highest BCUT2D eigenvalue weighted by atomic mass is 19.1. The second-order valence-electron chi connectivity index (χ2n) is 9.47.